The minimum atomic E-state index is -3.42. The number of nitrogens with one attached hydrogen (secondary N) is 1. The van der Waals surface area contributed by atoms with Crippen molar-refractivity contribution in [3.63, 3.8) is 0 Å². The third-order valence-electron chi connectivity index (χ3n) is 1.98. The van der Waals surface area contributed by atoms with Crippen molar-refractivity contribution in [1.29, 1.82) is 5.41 Å². The lowest BCUT2D eigenvalue weighted by Gasteiger charge is -2.32. The van der Waals surface area contributed by atoms with E-state index in [1.54, 1.807) is 34.6 Å². The second-order valence-electron chi connectivity index (χ2n) is 4.78. The Kier molecular flexibility index (Phi) is 4.30. The molecular formula is C9H21N3O2S. The minimum Gasteiger partial charge on any atom is -0.387 e. The Morgan fingerprint density at radius 2 is 1.80 bits per heavy atom. The summed E-state index contributed by atoms with van der Waals surface area (Å²) in [7, 11) is -3.42. The van der Waals surface area contributed by atoms with E-state index in [4.69, 9.17) is 11.1 Å². The highest BCUT2D eigenvalue weighted by atomic mass is 32.2. The number of sulfonamides is 1. The summed E-state index contributed by atoms with van der Waals surface area (Å²) in [5.74, 6) is -0.142. The van der Waals surface area contributed by atoms with E-state index < -0.39 is 14.8 Å². The van der Waals surface area contributed by atoms with E-state index in [1.165, 1.54) is 4.31 Å². The number of nitrogens with zero attached hydrogens (tertiary/aromatic N) is 1. The monoisotopic (exact) mass is 235 g/mol. The van der Waals surface area contributed by atoms with Gasteiger partial charge in [0.2, 0.25) is 10.0 Å². The molecule has 0 atom stereocenters. The van der Waals surface area contributed by atoms with Crippen molar-refractivity contribution in [2.45, 2.75) is 45.4 Å². The third kappa shape index (κ3) is 3.46. The third-order valence-corrected chi connectivity index (χ3v) is 4.70. The Morgan fingerprint density at radius 3 is 2.00 bits per heavy atom. The second-order valence-corrected chi connectivity index (χ2v) is 7.43. The fraction of sp³-hybridized carbons (Fsp3) is 0.889. The molecule has 0 aromatic rings. The molecule has 0 aliphatic rings. The first-order valence-corrected chi connectivity index (χ1v) is 6.28. The summed E-state index contributed by atoms with van der Waals surface area (Å²) in [5.41, 5.74) is 5.25. The minimum absolute atomic E-state index is 0.0444. The van der Waals surface area contributed by atoms with Gasteiger partial charge in [0.1, 0.15) is 5.84 Å². The van der Waals surface area contributed by atoms with Gasteiger partial charge in [0, 0.05) is 6.04 Å². The number of rotatable bonds is 4. The van der Waals surface area contributed by atoms with E-state index in [0.29, 0.717) is 0 Å². The summed E-state index contributed by atoms with van der Waals surface area (Å²) >= 11 is 0. The fourth-order valence-electron chi connectivity index (χ4n) is 1.06. The summed E-state index contributed by atoms with van der Waals surface area (Å²) in [4.78, 5) is 0. The van der Waals surface area contributed by atoms with Crippen LogP contribution in [0.25, 0.3) is 0 Å². The van der Waals surface area contributed by atoms with Crippen molar-refractivity contribution in [1.82, 2.24) is 4.31 Å². The molecule has 0 bridgehead atoms. The van der Waals surface area contributed by atoms with Gasteiger partial charge in [0.15, 0.2) is 0 Å². The van der Waals surface area contributed by atoms with Gasteiger partial charge in [-0.25, -0.2) is 8.42 Å². The van der Waals surface area contributed by atoms with E-state index in [0.717, 1.165) is 0 Å². The molecule has 0 fully saturated rings. The van der Waals surface area contributed by atoms with E-state index in [2.05, 4.69) is 0 Å². The van der Waals surface area contributed by atoms with Crippen molar-refractivity contribution in [3.8, 4) is 0 Å². The normalized spacial score (nSPS) is 13.5. The van der Waals surface area contributed by atoms with Gasteiger partial charge in [-0.05, 0) is 34.6 Å². The maximum absolute atomic E-state index is 12.1. The molecule has 0 saturated carbocycles. The van der Waals surface area contributed by atoms with Crippen LogP contribution in [0.15, 0.2) is 0 Å². The molecule has 0 amide bonds. The van der Waals surface area contributed by atoms with Crippen LogP contribution in [0.5, 0.6) is 0 Å². The molecule has 0 aromatic heterocycles. The van der Waals surface area contributed by atoms with Gasteiger partial charge in [0.25, 0.3) is 0 Å². The SMILES string of the molecule is CC(C)N(CC(=N)N)S(=O)(=O)C(C)(C)C. The van der Waals surface area contributed by atoms with Crippen LogP contribution in [0, 0.1) is 5.41 Å². The van der Waals surface area contributed by atoms with Crippen LogP contribution in [0.2, 0.25) is 0 Å². The molecule has 3 N–H and O–H groups in total. The van der Waals surface area contributed by atoms with E-state index in [1.807, 2.05) is 0 Å². The fourth-order valence-corrected chi connectivity index (χ4v) is 2.63. The van der Waals surface area contributed by atoms with Crippen LogP contribution in [0.4, 0.5) is 0 Å². The maximum Gasteiger partial charge on any atom is 0.219 e. The number of hydrogen-bond donors (Lipinski definition) is 2. The number of hydrogen-bond acceptors (Lipinski definition) is 3. The standard InChI is InChI=1S/C9H21N3O2S/c1-7(2)12(6-8(10)11)15(13,14)9(3,4)5/h7H,6H2,1-5H3,(H3,10,11). The van der Waals surface area contributed by atoms with Crippen LogP contribution in [-0.2, 0) is 10.0 Å². The molecule has 0 spiro atoms. The molecule has 0 rings (SSSR count). The summed E-state index contributed by atoms with van der Waals surface area (Å²) in [6.07, 6.45) is 0. The molecule has 0 aliphatic heterocycles. The summed E-state index contributed by atoms with van der Waals surface area (Å²) in [6.45, 7) is 8.41. The van der Waals surface area contributed by atoms with Crippen LogP contribution in [-0.4, -0.2) is 35.9 Å². The maximum atomic E-state index is 12.1. The van der Waals surface area contributed by atoms with Crippen LogP contribution in [0.1, 0.15) is 34.6 Å². The van der Waals surface area contributed by atoms with Crippen molar-refractivity contribution in [2.75, 3.05) is 6.54 Å². The lowest BCUT2D eigenvalue weighted by molar-refractivity contribution is 0.374. The Morgan fingerprint density at radius 1 is 1.40 bits per heavy atom. The topological polar surface area (TPSA) is 87.2 Å². The predicted molar refractivity (Wildman–Crippen MR) is 62.4 cm³/mol. The largest absolute Gasteiger partial charge is 0.387 e. The summed E-state index contributed by atoms with van der Waals surface area (Å²) < 4.78 is 24.6. The first kappa shape index (κ1) is 14.4. The van der Waals surface area contributed by atoms with Crippen molar-refractivity contribution < 1.29 is 8.42 Å². The predicted octanol–water partition coefficient (Wildman–Crippen LogP) is 0.761. The molecule has 0 unspecified atom stereocenters. The van der Waals surface area contributed by atoms with Crippen LogP contribution >= 0.6 is 0 Å². The van der Waals surface area contributed by atoms with Gasteiger partial charge in [-0.1, -0.05) is 0 Å². The van der Waals surface area contributed by atoms with Gasteiger partial charge >= 0.3 is 0 Å². The first-order valence-electron chi connectivity index (χ1n) is 4.84. The van der Waals surface area contributed by atoms with E-state index in [9.17, 15) is 8.42 Å². The van der Waals surface area contributed by atoms with Gasteiger partial charge in [-0.15, -0.1) is 0 Å². The second kappa shape index (κ2) is 4.49. The average Bonchev–Trinajstić information content (AvgIpc) is 1.96. The van der Waals surface area contributed by atoms with Crippen molar-refractivity contribution >= 4 is 15.9 Å². The molecular weight excluding hydrogens is 214 g/mol. The van der Waals surface area contributed by atoms with E-state index in [-0.39, 0.29) is 18.4 Å². The number of amidine groups is 1. The molecule has 5 nitrogen and oxygen atoms in total. The molecule has 0 aromatic carbocycles. The van der Waals surface area contributed by atoms with Gasteiger partial charge in [-0.2, -0.15) is 4.31 Å². The average molecular weight is 235 g/mol. The summed E-state index contributed by atoms with van der Waals surface area (Å²) in [6, 6.07) is -0.196. The Hall–Kier alpha value is -0.620. The smallest absolute Gasteiger partial charge is 0.219 e. The molecule has 15 heavy (non-hydrogen) atoms. The molecule has 0 saturated heterocycles. The highest BCUT2D eigenvalue weighted by Crippen LogP contribution is 2.21. The van der Waals surface area contributed by atoms with Crippen LogP contribution in [0.3, 0.4) is 0 Å². The van der Waals surface area contributed by atoms with E-state index >= 15 is 0 Å². The highest BCUT2D eigenvalue weighted by Gasteiger charge is 2.36. The highest BCUT2D eigenvalue weighted by molar-refractivity contribution is 7.90. The zero-order chi connectivity index (χ0) is 12.4. The summed E-state index contributed by atoms with van der Waals surface area (Å²) in [5, 5.41) is 7.17. The van der Waals surface area contributed by atoms with Gasteiger partial charge < -0.3 is 5.73 Å². The Bertz CT molecular complexity index is 328. The zero-order valence-electron chi connectivity index (χ0n) is 10.0. The van der Waals surface area contributed by atoms with Gasteiger partial charge in [-0.3, -0.25) is 5.41 Å². The lowest BCUT2D eigenvalue weighted by Crippen LogP contribution is -2.49. The van der Waals surface area contributed by atoms with Crippen molar-refractivity contribution in [2.24, 2.45) is 5.73 Å². The Balaban J connectivity index is 5.19. The van der Waals surface area contributed by atoms with Crippen molar-refractivity contribution in [3.05, 3.63) is 0 Å². The van der Waals surface area contributed by atoms with Crippen LogP contribution < -0.4 is 5.73 Å². The lowest BCUT2D eigenvalue weighted by atomic mass is 10.3. The number of nitrogens with two attached hydrogens (primary N) is 1. The molecule has 6 heteroatoms. The molecule has 0 aliphatic carbocycles. The zero-order valence-corrected chi connectivity index (χ0v) is 10.9. The van der Waals surface area contributed by atoms with Gasteiger partial charge in [0.05, 0.1) is 11.3 Å². The Labute approximate surface area is 92.2 Å². The quantitative estimate of drug-likeness (QED) is 0.557. The molecule has 90 valence electrons. The molecule has 0 radical (unpaired) electrons. The first-order chi connectivity index (χ1) is 6.50. The molecule has 0 heterocycles.